The Morgan fingerprint density at radius 1 is 1.58 bits per heavy atom. The summed E-state index contributed by atoms with van der Waals surface area (Å²) in [5, 5.41) is -0.252. The van der Waals surface area contributed by atoms with Crippen LogP contribution in [0.25, 0.3) is 0 Å². The molecule has 1 rings (SSSR count). The van der Waals surface area contributed by atoms with E-state index in [2.05, 4.69) is 12.6 Å². The first-order valence-corrected chi connectivity index (χ1v) is 4.01. The predicted octanol–water partition coefficient (Wildman–Crippen LogP) is 2.13. The van der Waals surface area contributed by atoms with Crippen molar-refractivity contribution in [3.8, 4) is 0 Å². The van der Waals surface area contributed by atoms with Crippen LogP contribution in [0.2, 0.25) is 0 Å². The molecule has 0 fully saturated rings. The molecule has 0 saturated carbocycles. The summed E-state index contributed by atoms with van der Waals surface area (Å²) in [6.45, 7) is 1.68. The lowest BCUT2D eigenvalue weighted by atomic mass is 10.1. The van der Waals surface area contributed by atoms with E-state index in [0.717, 1.165) is 0 Å². The number of benzene rings is 1. The molecule has 0 saturated heterocycles. The number of aryl methyl sites for hydroxylation is 1. The van der Waals surface area contributed by atoms with Crippen molar-refractivity contribution < 1.29 is 9.18 Å². The number of halogens is 1. The van der Waals surface area contributed by atoms with Crippen LogP contribution in [0.1, 0.15) is 11.1 Å². The Morgan fingerprint density at radius 3 is 2.75 bits per heavy atom. The van der Waals surface area contributed by atoms with Gasteiger partial charge in [-0.2, -0.15) is 0 Å². The van der Waals surface area contributed by atoms with Gasteiger partial charge >= 0.3 is 0 Å². The molecule has 0 aliphatic rings. The molecule has 0 radical (unpaired) electrons. The molecule has 0 N–H and O–H groups in total. The highest BCUT2D eigenvalue weighted by molar-refractivity contribution is 7.96. The molecule has 1 aromatic carbocycles. The minimum atomic E-state index is -0.276. The van der Waals surface area contributed by atoms with E-state index in [1.807, 2.05) is 0 Å². The van der Waals surface area contributed by atoms with Crippen molar-refractivity contribution in [2.75, 3.05) is 0 Å². The fraction of sp³-hybridized carbons (Fsp3) is 0.222. The average molecular weight is 184 g/mol. The SMILES string of the molecule is Cc1ccc(CC(=O)S)cc1F. The van der Waals surface area contributed by atoms with E-state index in [-0.39, 0.29) is 17.4 Å². The van der Waals surface area contributed by atoms with Crippen LogP contribution in [0, 0.1) is 12.7 Å². The number of thiol groups is 1. The zero-order valence-electron chi connectivity index (χ0n) is 6.67. The summed E-state index contributed by atoms with van der Waals surface area (Å²) in [6.07, 6.45) is 0.181. The van der Waals surface area contributed by atoms with Gasteiger partial charge in [-0.05, 0) is 24.1 Å². The van der Waals surface area contributed by atoms with Crippen LogP contribution in [0.4, 0.5) is 4.39 Å². The molecule has 0 atom stereocenters. The van der Waals surface area contributed by atoms with Crippen LogP contribution < -0.4 is 0 Å². The van der Waals surface area contributed by atoms with Gasteiger partial charge < -0.3 is 0 Å². The molecule has 64 valence electrons. The first-order chi connectivity index (χ1) is 5.59. The van der Waals surface area contributed by atoms with Crippen LogP contribution in [-0.4, -0.2) is 5.12 Å². The van der Waals surface area contributed by atoms with E-state index >= 15 is 0 Å². The number of hydrogen-bond donors (Lipinski definition) is 1. The molecule has 0 aliphatic heterocycles. The fourth-order valence-corrected chi connectivity index (χ4v) is 1.10. The maximum absolute atomic E-state index is 12.9. The topological polar surface area (TPSA) is 17.1 Å². The third kappa shape index (κ3) is 2.34. The fourth-order valence-electron chi connectivity index (χ4n) is 0.921. The average Bonchev–Trinajstić information content (AvgIpc) is 1.96. The van der Waals surface area contributed by atoms with Crippen LogP contribution in [0.15, 0.2) is 18.2 Å². The molecule has 0 aliphatic carbocycles. The summed E-state index contributed by atoms with van der Waals surface area (Å²) in [7, 11) is 0. The molecule has 0 heterocycles. The molecular weight excluding hydrogens is 175 g/mol. The molecule has 0 aromatic heterocycles. The summed E-state index contributed by atoms with van der Waals surface area (Å²) in [6, 6.07) is 4.75. The third-order valence-electron chi connectivity index (χ3n) is 1.59. The summed E-state index contributed by atoms with van der Waals surface area (Å²) in [5.74, 6) is -0.276. The van der Waals surface area contributed by atoms with Gasteiger partial charge in [0.15, 0.2) is 5.12 Å². The van der Waals surface area contributed by atoms with Crippen LogP contribution >= 0.6 is 12.6 Å². The van der Waals surface area contributed by atoms with Crippen molar-refractivity contribution in [3.05, 3.63) is 35.1 Å². The Kier molecular flexibility index (Phi) is 2.87. The third-order valence-corrected chi connectivity index (χ3v) is 1.75. The molecule has 0 bridgehead atoms. The number of rotatable bonds is 2. The first kappa shape index (κ1) is 9.26. The Bertz CT molecular complexity index is 309. The Labute approximate surface area is 76.0 Å². The molecule has 1 nitrogen and oxygen atoms in total. The second kappa shape index (κ2) is 3.72. The Hall–Kier alpha value is -0.830. The summed E-state index contributed by atoms with van der Waals surface area (Å²) >= 11 is 3.61. The second-order valence-electron chi connectivity index (χ2n) is 2.65. The van der Waals surface area contributed by atoms with E-state index in [1.165, 1.54) is 6.07 Å². The zero-order chi connectivity index (χ0) is 9.14. The first-order valence-electron chi connectivity index (χ1n) is 3.56. The highest BCUT2D eigenvalue weighted by atomic mass is 32.1. The van der Waals surface area contributed by atoms with Gasteiger partial charge in [0, 0.05) is 6.42 Å². The van der Waals surface area contributed by atoms with Crippen LogP contribution in [0.5, 0.6) is 0 Å². The van der Waals surface area contributed by atoms with Gasteiger partial charge in [0.1, 0.15) is 5.82 Å². The maximum atomic E-state index is 12.9. The Morgan fingerprint density at radius 2 is 2.25 bits per heavy atom. The van der Waals surface area contributed by atoms with Gasteiger partial charge in [0.05, 0.1) is 0 Å². The summed E-state index contributed by atoms with van der Waals surface area (Å²) in [4.78, 5) is 10.6. The molecule has 12 heavy (non-hydrogen) atoms. The normalized spacial score (nSPS) is 9.92. The highest BCUT2D eigenvalue weighted by Gasteiger charge is 2.01. The molecule has 0 spiro atoms. The van der Waals surface area contributed by atoms with Gasteiger partial charge in [0.25, 0.3) is 0 Å². The largest absolute Gasteiger partial charge is 0.287 e. The Balaban J connectivity index is 2.89. The predicted molar refractivity (Wildman–Crippen MR) is 48.8 cm³/mol. The van der Waals surface area contributed by atoms with Gasteiger partial charge in [-0.25, -0.2) is 4.39 Å². The van der Waals surface area contributed by atoms with Gasteiger partial charge in [-0.15, -0.1) is 12.6 Å². The zero-order valence-corrected chi connectivity index (χ0v) is 7.57. The number of carbonyl (C=O) groups excluding carboxylic acids is 1. The van der Waals surface area contributed by atoms with E-state index in [9.17, 15) is 9.18 Å². The maximum Gasteiger partial charge on any atom is 0.190 e. The molecular formula is C9H9FOS. The van der Waals surface area contributed by atoms with E-state index in [1.54, 1.807) is 19.1 Å². The highest BCUT2D eigenvalue weighted by Crippen LogP contribution is 2.10. The van der Waals surface area contributed by atoms with Gasteiger partial charge in [-0.3, -0.25) is 4.79 Å². The molecule has 1 aromatic rings. The summed E-state index contributed by atoms with van der Waals surface area (Å²) in [5.41, 5.74) is 1.25. The minimum absolute atomic E-state index is 0.181. The number of carbonyl (C=O) groups is 1. The van der Waals surface area contributed by atoms with Crippen molar-refractivity contribution in [1.82, 2.24) is 0 Å². The van der Waals surface area contributed by atoms with Gasteiger partial charge in [0.2, 0.25) is 0 Å². The van der Waals surface area contributed by atoms with Crippen molar-refractivity contribution in [1.29, 1.82) is 0 Å². The molecule has 0 amide bonds. The van der Waals surface area contributed by atoms with Crippen LogP contribution in [-0.2, 0) is 11.2 Å². The molecule has 0 unspecified atom stereocenters. The smallest absolute Gasteiger partial charge is 0.190 e. The lowest BCUT2D eigenvalue weighted by Crippen LogP contribution is -1.94. The lowest BCUT2D eigenvalue weighted by Gasteiger charge is -1.99. The second-order valence-corrected chi connectivity index (χ2v) is 3.15. The van der Waals surface area contributed by atoms with E-state index < -0.39 is 0 Å². The van der Waals surface area contributed by atoms with E-state index in [0.29, 0.717) is 11.1 Å². The lowest BCUT2D eigenvalue weighted by molar-refractivity contribution is -0.110. The van der Waals surface area contributed by atoms with Crippen molar-refractivity contribution >= 4 is 17.7 Å². The van der Waals surface area contributed by atoms with E-state index in [4.69, 9.17) is 0 Å². The van der Waals surface area contributed by atoms with Gasteiger partial charge in [-0.1, -0.05) is 12.1 Å². The van der Waals surface area contributed by atoms with Crippen molar-refractivity contribution in [3.63, 3.8) is 0 Å². The number of hydrogen-bond acceptors (Lipinski definition) is 1. The minimum Gasteiger partial charge on any atom is -0.287 e. The molecule has 3 heteroatoms. The quantitative estimate of drug-likeness (QED) is 0.697. The monoisotopic (exact) mass is 184 g/mol. The van der Waals surface area contributed by atoms with Crippen molar-refractivity contribution in [2.24, 2.45) is 0 Å². The van der Waals surface area contributed by atoms with Crippen LogP contribution in [0.3, 0.4) is 0 Å². The summed E-state index contributed by atoms with van der Waals surface area (Å²) < 4.78 is 12.9. The standard InChI is InChI=1S/C9H9FOS/c1-6-2-3-7(4-8(6)10)5-9(11)12/h2-4H,5H2,1H3,(H,11,12). The van der Waals surface area contributed by atoms with Crippen molar-refractivity contribution in [2.45, 2.75) is 13.3 Å².